The van der Waals surface area contributed by atoms with E-state index in [1.165, 1.54) is 12.1 Å². The molecule has 14 heavy (non-hydrogen) atoms. The van der Waals surface area contributed by atoms with Crippen LogP contribution >= 0.6 is 24.0 Å². The summed E-state index contributed by atoms with van der Waals surface area (Å²) in [5.41, 5.74) is 5.46. The van der Waals surface area contributed by atoms with Crippen molar-refractivity contribution in [2.24, 2.45) is 5.73 Å². The topological polar surface area (TPSA) is 46.2 Å². The van der Waals surface area contributed by atoms with Crippen molar-refractivity contribution in [3.05, 3.63) is 41.2 Å². The molecule has 0 unspecified atom stereocenters. The van der Waals surface area contributed by atoms with Gasteiger partial charge < -0.3 is 10.8 Å². The Balaban J connectivity index is 0.00000169. The van der Waals surface area contributed by atoms with Crippen LogP contribution in [0.4, 0.5) is 4.39 Å². The van der Waals surface area contributed by atoms with Crippen LogP contribution in [0.5, 0.6) is 5.75 Å². The molecule has 1 rings (SSSR count). The van der Waals surface area contributed by atoms with Crippen molar-refractivity contribution in [1.82, 2.24) is 0 Å². The van der Waals surface area contributed by atoms with Gasteiger partial charge in [-0.05, 0) is 12.1 Å². The summed E-state index contributed by atoms with van der Waals surface area (Å²) in [4.78, 5) is 0. The van der Waals surface area contributed by atoms with E-state index in [0.29, 0.717) is 0 Å². The number of phenolic OH excluding ortho intramolecular Hbond substituents is 1. The Morgan fingerprint density at radius 1 is 1.57 bits per heavy atom. The minimum Gasteiger partial charge on any atom is -0.506 e. The van der Waals surface area contributed by atoms with Crippen molar-refractivity contribution < 1.29 is 9.50 Å². The molecule has 0 radical (unpaired) electrons. The lowest BCUT2D eigenvalue weighted by molar-refractivity contribution is 0.456. The molecule has 0 saturated heterocycles. The second-order valence-electron chi connectivity index (χ2n) is 2.55. The second-order valence-corrected chi connectivity index (χ2v) is 2.96. The molecule has 0 aliphatic carbocycles. The molecule has 0 heterocycles. The summed E-state index contributed by atoms with van der Waals surface area (Å²) in [6.07, 6.45) is 1.33. The van der Waals surface area contributed by atoms with Crippen LogP contribution in [0.3, 0.4) is 0 Å². The average Bonchev–Trinajstić information content (AvgIpc) is 2.12. The average molecular weight is 238 g/mol. The monoisotopic (exact) mass is 237 g/mol. The molecule has 0 amide bonds. The molecule has 78 valence electrons. The van der Waals surface area contributed by atoms with Crippen LogP contribution < -0.4 is 5.73 Å². The van der Waals surface area contributed by atoms with Crippen LogP contribution in [0.2, 0.25) is 5.02 Å². The summed E-state index contributed by atoms with van der Waals surface area (Å²) < 4.78 is 13.1. The Kier molecular flexibility index (Phi) is 4.91. The Morgan fingerprint density at radius 2 is 2.14 bits per heavy atom. The molecule has 0 fully saturated rings. The predicted octanol–water partition coefficient (Wildman–Crippen LogP) is 2.79. The quantitative estimate of drug-likeness (QED) is 0.778. The third-order valence-corrected chi connectivity index (χ3v) is 2.01. The van der Waals surface area contributed by atoms with Gasteiger partial charge in [0.25, 0.3) is 0 Å². The highest BCUT2D eigenvalue weighted by Gasteiger charge is 2.15. The van der Waals surface area contributed by atoms with Crippen LogP contribution in [0.1, 0.15) is 11.6 Å². The number of hydrogen-bond acceptors (Lipinski definition) is 2. The molecule has 0 aliphatic heterocycles. The largest absolute Gasteiger partial charge is 0.506 e. The van der Waals surface area contributed by atoms with Crippen LogP contribution in [0.15, 0.2) is 24.8 Å². The SMILES string of the molecule is C=C[C@H](N)c1c(F)ccc(Cl)c1O.Cl. The Morgan fingerprint density at radius 3 is 2.64 bits per heavy atom. The number of nitrogens with two attached hydrogens (primary N) is 1. The molecule has 0 aromatic heterocycles. The summed E-state index contributed by atoms with van der Waals surface area (Å²) in [6.45, 7) is 3.40. The minimum absolute atomic E-state index is 0. The lowest BCUT2D eigenvalue weighted by Crippen LogP contribution is -2.09. The smallest absolute Gasteiger partial charge is 0.142 e. The number of rotatable bonds is 2. The Bertz CT molecular complexity index is 344. The first-order chi connectivity index (χ1) is 6.07. The number of aromatic hydroxyl groups is 1. The highest BCUT2D eigenvalue weighted by molar-refractivity contribution is 6.32. The van der Waals surface area contributed by atoms with Crippen LogP contribution in [0, 0.1) is 5.82 Å². The van der Waals surface area contributed by atoms with E-state index >= 15 is 0 Å². The molecule has 2 nitrogen and oxygen atoms in total. The molecule has 1 aromatic rings. The molecule has 0 spiro atoms. The number of benzene rings is 1. The summed E-state index contributed by atoms with van der Waals surface area (Å²) in [5, 5.41) is 9.46. The van der Waals surface area contributed by atoms with Gasteiger partial charge in [-0.25, -0.2) is 4.39 Å². The van der Waals surface area contributed by atoms with Crippen molar-refractivity contribution in [2.45, 2.75) is 6.04 Å². The predicted molar refractivity (Wildman–Crippen MR) is 57.4 cm³/mol. The van der Waals surface area contributed by atoms with E-state index in [4.69, 9.17) is 17.3 Å². The lowest BCUT2D eigenvalue weighted by atomic mass is 10.1. The van der Waals surface area contributed by atoms with Crippen molar-refractivity contribution in [1.29, 1.82) is 0 Å². The van der Waals surface area contributed by atoms with E-state index in [1.807, 2.05) is 0 Å². The van der Waals surface area contributed by atoms with Gasteiger partial charge in [0.15, 0.2) is 0 Å². The maximum Gasteiger partial charge on any atom is 0.142 e. The fourth-order valence-corrected chi connectivity index (χ4v) is 1.16. The third kappa shape index (κ3) is 2.38. The van der Waals surface area contributed by atoms with Crippen molar-refractivity contribution >= 4 is 24.0 Å². The van der Waals surface area contributed by atoms with E-state index in [-0.39, 0.29) is 28.7 Å². The normalized spacial score (nSPS) is 11.6. The third-order valence-electron chi connectivity index (χ3n) is 1.70. The Hall–Kier alpha value is -0.770. The van der Waals surface area contributed by atoms with Gasteiger partial charge in [-0.1, -0.05) is 17.7 Å². The van der Waals surface area contributed by atoms with Gasteiger partial charge in [-0.2, -0.15) is 0 Å². The maximum absolute atomic E-state index is 13.1. The van der Waals surface area contributed by atoms with Crippen LogP contribution in [0.25, 0.3) is 0 Å². The van der Waals surface area contributed by atoms with Crippen molar-refractivity contribution in [3.8, 4) is 5.75 Å². The maximum atomic E-state index is 13.1. The van der Waals surface area contributed by atoms with Gasteiger partial charge in [-0.3, -0.25) is 0 Å². The van der Waals surface area contributed by atoms with E-state index < -0.39 is 11.9 Å². The molecule has 1 atom stereocenters. The van der Waals surface area contributed by atoms with Crippen LogP contribution in [-0.2, 0) is 0 Å². The standard InChI is InChI=1S/C9H9ClFNO.ClH/c1-2-7(12)8-6(11)4-3-5(10)9(8)13;/h2-4,7,13H,1,12H2;1H/t7-;/m0./s1. The molecule has 3 N–H and O–H groups in total. The first-order valence-electron chi connectivity index (χ1n) is 3.63. The molecule has 0 bridgehead atoms. The molecule has 0 saturated carbocycles. The highest BCUT2D eigenvalue weighted by atomic mass is 35.5. The molecular formula is C9H10Cl2FNO. The van der Waals surface area contributed by atoms with Gasteiger partial charge in [0, 0.05) is 0 Å². The van der Waals surface area contributed by atoms with Crippen LogP contribution in [-0.4, -0.2) is 5.11 Å². The zero-order valence-electron chi connectivity index (χ0n) is 7.21. The highest BCUT2D eigenvalue weighted by Crippen LogP contribution is 2.32. The molecular weight excluding hydrogens is 228 g/mol. The summed E-state index contributed by atoms with van der Waals surface area (Å²) >= 11 is 5.58. The number of phenols is 1. The Labute approximate surface area is 92.6 Å². The van der Waals surface area contributed by atoms with Gasteiger partial charge >= 0.3 is 0 Å². The van der Waals surface area contributed by atoms with Gasteiger partial charge in [0.2, 0.25) is 0 Å². The summed E-state index contributed by atoms with van der Waals surface area (Å²) in [6, 6.07) is 1.67. The fraction of sp³-hybridized carbons (Fsp3) is 0.111. The van der Waals surface area contributed by atoms with E-state index in [1.54, 1.807) is 0 Å². The zero-order chi connectivity index (χ0) is 10.0. The summed E-state index contributed by atoms with van der Waals surface area (Å²) in [7, 11) is 0. The van der Waals surface area contributed by atoms with Gasteiger partial charge in [-0.15, -0.1) is 19.0 Å². The fourth-order valence-electron chi connectivity index (χ4n) is 0.992. The van der Waals surface area contributed by atoms with E-state index in [0.717, 1.165) is 6.07 Å². The number of halogens is 3. The zero-order valence-corrected chi connectivity index (χ0v) is 8.78. The molecule has 5 heteroatoms. The molecule has 0 aliphatic rings. The first-order valence-corrected chi connectivity index (χ1v) is 4.00. The summed E-state index contributed by atoms with van der Waals surface area (Å²) in [5.74, 6) is -0.914. The van der Waals surface area contributed by atoms with Crippen molar-refractivity contribution in [3.63, 3.8) is 0 Å². The number of hydrogen-bond donors (Lipinski definition) is 2. The minimum atomic E-state index is -0.751. The molecule has 1 aromatic carbocycles. The van der Waals surface area contributed by atoms with E-state index in [2.05, 4.69) is 6.58 Å². The second kappa shape index (κ2) is 5.20. The lowest BCUT2D eigenvalue weighted by Gasteiger charge is -2.10. The van der Waals surface area contributed by atoms with Gasteiger partial charge in [0.05, 0.1) is 16.6 Å². The first kappa shape index (κ1) is 13.2. The van der Waals surface area contributed by atoms with Crippen molar-refractivity contribution in [2.75, 3.05) is 0 Å². The van der Waals surface area contributed by atoms with Gasteiger partial charge in [0.1, 0.15) is 11.6 Å². The van der Waals surface area contributed by atoms with E-state index in [9.17, 15) is 9.50 Å².